The third-order valence-corrected chi connectivity index (χ3v) is 4.62. The van der Waals surface area contributed by atoms with Crippen molar-refractivity contribution in [2.45, 2.75) is 58.8 Å². The summed E-state index contributed by atoms with van der Waals surface area (Å²) in [6, 6.07) is 0. The van der Waals surface area contributed by atoms with Crippen LogP contribution in [0.1, 0.15) is 58.8 Å². The summed E-state index contributed by atoms with van der Waals surface area (Å²) >= 11 is 0. The summed E-state index contributed by atoms with van der Waals surface area (Å²) in [4.78, 5) is 0. The van der Waals surface area contributed by atoms with Gasteiger partial charge in [0.25, 0.3) is 0 Å². The van der Waals surface area contributed by atoms with E-state index in [-0.39, 0.29) is 0 Å². The lowest BCUT2D eigenvalue weighted by atomic mass is 9.86. The molecule has 3 unspecified atom stereocenters. The van der Waals surface area contributed by atoms with Gasteiger partial charge >= 0.3 is 0 Å². The van der Waals surface area contributed by atoms with E-state index in [1.165, 1.54) is 44.9 Å². The molecule has 0 amide bonds. The molecule has 0 nitrogen and oxygen atoms in total. The molecular formula is C18H28. The Labute approximate surface area is 113 Å². The molecule has 0 saturated heterocycles. The van der Waals surface area contributed by atoms with Crippen molar-refractivity contribution in [1.29, 1.82) is 0 Å². The van der Waals surface area contributed by atoms with Gasteiger partial charge in [-0.25, -0.2) is 0 Å². The van der Waals surface area contributed by atoms with Gasteiger partial charge in [-0.1, -0.05) is 42.9 Å². The first-order valence-electron chi connectivity index (χ1n) is 7.80. The zero-order valence-corrected chi connectivity index (χ0v) is 12.1. The lowest BCUT2D eigenvalue weighted by Crippen LogP contribution is -2.08. The molecule has 100 valence electrons. The summed E-state index contributed by atoms with van der Waals surface area (Å²) in [5, 5.41) is 0. The van der Waals surface area contributed by atoms with Crippen molar-refractivity contribution >= 4 is 0 Å². The Kier molecular flexibility index (Phi) is 5.28. The predicted molar refractivity (Wildman–Crippen MR) is 80.5 cm³/mol. The number of fused-ring (bicyclic) bond motifs is 2. The molecule has 0 aromatic carbocycles. The van der Waals surface area contributed by atoms with Gasteiger partial charge < -0.3 is 0 Å². The second kappa shape index (κ2) is 6.97. The molecule has 1 saturated carbocycles. The maximum atomic E-state index is 2.48. The molecule has 3 atom stereocenters. The normalized spacial score (nSPS) is 30.8. The number of hydrogen-bond acceptors (Lipinski definition) is 0. The summed E-state index contributed by atoms with van der Waals surface area (Å²) in [7, 11) is 0. The fourth-order valence-electron chi connectivity index (χ4n) is 3.56. The summed E-state index contributed by atoms with van der Waals surface area (Å²) in [6.45, 7) is 4.43. The first-order valence-corrected chi connectivity index (χ1v) is 7.80. The van der Waals surface area contributed by atoms with E-state index in [0.29, 0.717) is 0 Å². The fraction of sp³-hybridized carbons (Fsp3) is 0.667. The van der Waals surface area contributed by atoms with Crippen LogP contribution in [0.15, 0.2) is 36.0 Å². The third kappa shape index (κ3) is 3.60. The number of allylic oxidation sites excluding steroid dienone is 6. The van der Waals surface area contributed by atoms with Crippen molar-refractivity contribution in [3.63, 3.8) is 0 Å². The van der Waals surface area contributed by atoms with Gasteiger partial charge in [0, 0.05) is 0 Å². The highest BCUT2D eigenvalue weighted by Crippen LogP contribution is 2.46. The lowest BCUT2D eigenvalue weighted by Gasteiger charge is -2.19. The third-order valence-electron chi connectivity index (χ3n) is 4.62. The van der Waals surface area contributed by atoms with Gasteiger partial charge in [-0.2, -0.15) is 0 Å². The van der Waals surface area contributed by atoms with E-state index in [1.807, 2.05) is 0 Å². The SMILES string of the molecule is C/C=C(\CCC/C=C/CC)CC1CC2C=CC1C2. The average Bonchev–Trinajstić information content (AvgIpc) is 2.99. The highest BCUT2D eigenvalue weighted by atomic mass is 14.4. The highest BCUT2D eigenvalue weighted by Gasteiger charge is 2.35. The molecule has 18 heavy (non-hydrogen) atoms. The van der Waals surface area contributed by atoms with Crippen molar-refractivity contribution in [1.82, 2.24) is 0 Å². The predicted octanol–water partition coefficient (Wildman–Crippen LogP) is 5.67. The van der Waals surface area contributed by atoms with E-state index in [4.69, 9.17) is 0 Å². The van der Waals surface area contributed by atoms with Crippen LogP contribution in [0.5, 0.6) is 0 Å². The Hall–Kier alpha value is -0.780. The van der Waals surface area contributed by atoms with Gasteiger partial charge in [-0.3, -0.25) is 0 Å². The van der Waals surface area contributed by atoms with Crippen LogP contribution in [0.25, 0.3) is 0 Å². The average molecular weight is 244 g/mol. The van der Waals surface area contributed by atoms with Gasteiger partial charge in [0.05, 0.1) is 0 Å². The Bertz CT molecular complexity index is 332. The maximum Gasteiger partial charge on any atom is -0.0196 e. The Morgan fingerprint density at radius 3 is 2.72 bits per heavy atom. The van der Waals surface area contributed by atoms with Crippen molar-refractivity contribution < 1.29 is 0 Å². The van der Waals surface area contributed by atoms with Gasteiger partial charge in [0.1, 0.15) is 0 Å². The zero-order chi connectivity index (χ0) is 12.8. The number of rotatable bonds is 7. The molecule has 0 spiro atoms. The highest BCUT2D eigenvalue weighted by molar-refractivity contribution is 5.13. The van der Waals surface area contributed by atoms with E-state index in [0.717, 1.165) is 17.8 Å². The first-order chi connectivity index (χ1) is 8.83. The van der Waals surface area contributed by atoms with Crippen LogP contribution in [0.3, 0.4) is 0 Å². The van der Waals surface area contributed by atoms with Crippen LogP contribution in [-0.2, 0) is 0 Å². The van der Waals surface area contributed by atoms with Gasteiger partial charge in [0.15, 0.2) is 0 Å². The Balaban J connectivity index is 1.70. The molecule has 2 bridgehead atoms. The topological polar surface area (TPSA) is 0 Å². The molecule has 0 N–H and O–H groups in total. The summed E-state index contributed by atoms with van der Waals surface area (Å²) in [6.07, 6.45) is 21.3. The number of unbranched alkanes of at least 4 members (excludes halogenated alkanes) is 1. The second-order valence-electron chi connectivity index (χ2n) is 5.96. The van der Waals surface area contributed by atoms with Crippen LogP contribution >= 0.6 is 0 Å². The van der Waals surface area contributed by atoms with Crippen molar-refractivity contribution in [3.05, 3.63) is 36.0 Å². The van der Waals surface area contributed by atoms with Crippen LogP contribution in [0.2, 0.25) is 0 Å². The molecule has 0 aromatic heterocycles. The first kappa shape index (κ1) is 13.6. The van der Waals surface area contributed by atoms with E-state index in [2.05, 4.69) is 44.2 Å². The standard InChI is InChI=1S/C18H28/c1-3-5-6-7-8-9-15(4-2)12-18-14-16-10-11-17(18)13-16/h4-6,10-11,16-18H,3,7-9,12-14H2,1-2H3/b6-5+,15-4+. The molecule has 2 aliphatic carbocycles. The zero-order valence-electron chi connectivity index (χ0n) is 12.1. The van der Waals surface area contributed by atoms with Crippen LogP contribution in [0.4, 0.5) is 0 Å². The Morgan fingerprint density at radius 2 is 2.11 bits per heavy atom. The molecule has 0 heterocycles. The van der Waals surface area contributed by atoms with Gasteiger partial charge in [0.2, 0.25) is 0 Å². The van der Waals surface area contributed by atoms with Gasteiger partial charge in [-0.15, -0.1) is 0 Å². The van der Waals surface area contributed by atoms with Crippen molar-refractivity contribution in [2.75, 3.05) is 0 Å². The maximum absolute atomic E-state index is 2.48. The molecular weight excluding hydrogens is 216 g/mol. The quantitative estimate of drug-likeness (QED) is 0.400. The fourth-order valence-corrected chi connectivity index (χ4v) is 3.56. The molecule has 0 aromatic rings. The lowest BCUT2D eigenvalue weighted by molar-refractivity contribution is 0.437. The van der Waals surface area contributed by atoms with Crippen LogP contribution in [0, 0.1) is 17.8 Å². The molecule has 1 fully saturated rings. The summed E-state index contributed by atoms with van der Waals surface area (Å²) in [5.41, 5.74) is 1.70. The van der Waals surface area contributed by atoms with Gasteiger partial charge in [-0.05, 0) is 69.6 Å². The molecule has 2 rings (SSSR count). The summed E-state index contributed by atoms with van der Waals surface area (Å²) < 4.78 is 0. The van der Waals surface area contributed by atoms with Crippen LogP contribution in [-0.4, -0.2) is 0 Å². The van der Waals surface area contributed by atoms with E-state index < -0.39 is 0 Å². The Morgan fingerprint density at radius 1 is 1.22 bits per heavy atom. The van der Waals surface area contributed by atoms with Crippen molar-refractivity contribution in [2.24, 2.45) is 17.8 Å². The minimum Gasteiger partial charge on any atom is -0.0888 e. The summed E-state index contributed by atoms with van der Waals surface area (Å²) in [5.74, 6) is 2.79. The largest absolute Gasteiger partial charge is 0.0888 e. The van der Waals surface area contributed by atoms with E-state index in [1.54, 1.807) is 5.57 Å². The monoisotopic (exact) mass is 244 g/mol. The minimum atomic E-state index is 0.907. The number of hydrogen-bond donors (Lipinski definition) is 0. The van der Waals surface area contributed by atoms with Crippen LogP contribution < -0.4 is 0 Å². The molecule has 0 aliphatic heterocycles. The van der Waals surface area contributed by atoms with E-state index in [9.17, 15) is 0 Å². The molecule has 2 aliphatic rings. The van der Waals surface area contributed by atoms with E-state index >= 15 is 0 Å². The minimum absolute atomic E-state index is 0.907. The second-order valence-corrected chi connectivity index (χ2v) is 5.96. The van der Waals surface area contributed by atoms with Crippen molar-refractivity contribution in [3.8, 4) is 0 Å². The molecule has 0 radical (unpaired) electrons. The molecule has 0 heteroatoms. The smallest absolute Gasteiger partial charge is 0.0196 e.